The molecule has 20 heavy (non-hydrogen) atoms. The van der Waals surface area contributed by atoms with Crippen molar-refractivity contribution in [3.63, 3.8) is 0 Å². The molecule has 3 N–H and O–H groups in total. The number of nitrogens with one attached hydrogen (secondary N) is 1. The molecule has 0 saturated heterocycles. The lowest BCUT2D eigenvalue weighted by Gasteiger charge is -1.96. The van der Waals surface area contributed by atoms with E-state index in [1.165, 1.54) is 0 Å². The third kappa shape index (κ3) is 3.87. The number of H-pyrrole nitrogens is 1. The summed E-state index contributed by atoms with van der Waals surface area (Å²) in [5.74, 6) is 0.310. The van der Waals surface area contributed by atoms with E-state index < -0.39 is 5.97 Å². The molecule has 0 unspecified atom stereocenters. The Labute approximate surface area is 123 Å². The molecule has 6 heteroatoms. The van der Waals surface area contributed by atoms with Gasteiger partial charge in [0.25, 0.3) is 0 Å². The van der Waals surface area contributed by atoms with Crippen LogP contribution >= 0.6 is 12.4 Å². The number of phenols is 1. The van der Waals surface area contributed by atoms with Crippen LogP contribution in [-0.4, -0.2) is 26.2 Å². The minimum absolute atomic E-state index is 0. The number of aromatic hydroxyl groups is 1. The van der Waals surface area contributed by atoms with E-state index in [-0.39, 0.29) is 24.6 Å². The summed E-state index contributed by atoms with van der Waals surface area (Å²) in [6.07, 6.45) is 3.45. The van der Waals surface area contributed by atoms with Gasteiger partial charge >= 0.3 is 5.97 Å². The number of unbranched alkanes of at least 4 members (excludes halogenated alkanes) is 2. The summed E-state index contributed by atoms with van der Waals surface area (Å²) in [6.45, 7) is 1.96. The molecule has 0 fully saturated rings. The van der Waals surface area contributed by atoms with Gasteiger partial charge in [0.2, 0.25) is 0 Å². The highest BCUT2D eigenvalue weighted by molar-refractivity contribution is 5.85. The SMILES string of the molecule is Cc1ccc(O)c2[nH]c(CCCCCC(=O)O)nc12.Cl. The van der Waals surface area contributed by atoms with Crippen LogP contribution in [0.3, 0.4) is 0 Å². The highest BCUT2D eigenvalue weighted by atomic mass is 35.5. The molecule has 2 aromatic rings. The molecule has 1 aromatic carbocycles. The highest BCUT2D eigenvalue weighted by Gasteiger charge is 2.08. The Kier molecular flexibility index (Phi) is 5.82. The summed E-state index contributed by atoms with van der Waals surface area (Å²) in [7, 11) is 0. The Morgan fingerprint density at radius 2 is 2.05 bits per heavy atom. The number of carboxylic acids is 1. The zero-order valence-electron chi connectivity index (χ0n) is 11.3. The van der Waals surface area contributed by atoms with Crippen molar-refractivity contribution in [2.45, 2.75) is 39.0 Å². The second kappa shape index (κ2) is 7.14. The predicted molar refractivity (Wildman–Crippen MR) is 79.6 cm³/mol. The summed E-state index contributed by atoms with van der Waals surface area (Å²) >= 11 is 0. The van der Waals surface area contributed by atoms with Crippen LogP contribution in [-0.2, 0) is 11.2 Å². The number of halogens is 1. The van der Waals surface area contributed by atoms with Crippen molar-refractivity contribution >= 4 is 29.4 Å². The lowest BCUT2D eigenvalue weighted by Crippen LogP contribution is -1.94. The number of aliphatic carboxylic acids is 1. The van der Waals surface area contributed by atoms with E-state index in [4.69, 9.17) is 5.11 Å². The van der Waals surface area contributed by atoms with Gasteiger partial charge < -0.3 is 15.2 Å². The van der Waals surface area contributed by atoms with Crippen LogP contribution in [0.15, 0.2) is 12.1 Å². The lowest BCUT2D eigenvalue weighted by atomic mass is 10.1. The number of phenolic OH excluding ortho intramolecular Hbond substituents is 1. The molecule has 0 amide bonds. The molecule has 0 radical (unpaired) electrons. The van der Waals surface area contributed by atoms with Crippen molar-refractivity contribution in [3.05, 3.63) is 23.5 Å². The number of aromatic amines is 1. The first-order valence-corrected chi connectivity index (χ1v) is 6.47. The van der Waals surface area contributed by atoms with Gasteiger partial charge in [0.1, 0.15) is 17.1 Å². The standard InChI is InChI=1S/C14H18N2O3.ClH/c1-9-7-8-10(17)14-13(9)15-11(16-14)5-3-2-4-6-12(18)19;/h7-8,17H,2-6H2,1H3,(H,15,16)(H,18,19);1H. The molecule has 1 heterocycles. The number of nitrogens with zero attached hydrogens (tertiary/aromatic N) is 1. The maximum absolute atomic E-state index is 10.4. The van der Waals surface area contributed by atoms with Gasteiger partial charge in [-0.05, 0) is 31.4 Å². The van der Waals surface area contributed by atoms with E-state index in [9.17, 15) is 9.90 Å². The van der Waals surface area contributed by atoms with Crippen molar-refractivity contribution in [3.8, 4) is 5.75 Å². The molecule has 0 atom stereocenters. The second-order valence-electron chi connectivity index (χ2n) is 4.76. The van der Waals surface area contributed by atoms with Crippen LogP contribution in [0.2, 0.25) is 0 Å². The maximum atomic E-state index is 10.4. The van der Waals surface area contributed by atoms with Gasteiger partial charge in [0, 0.05) is 12.8 Å². The molecule has 0 aliphatic carbocycles. The Balaban J connectivity index is 0.00000200. The van der Waals surface area contributed by atoms with Crippen molar-refractivity contribution in [1.29, 1.82) is 0 Å². The Hall–Kier alpha value is -1.75. The van der Waals surface area contributed by atoms with Gasteiger partial charge in [0.05, 0.1) is 5.52 Å². The Morgan fingerprint density at radius 1 is 1.30 bits per heavy atom. The topological polar surface area (TPSA) is 86.2 Å². The third-order valence-corrected chi connectivity index (χ3v) is 3.18. The predicted octanol–water partition coefficient (Wildman–Crippen LogP) is 3.19. The number of aryl methyl sites for hydroxylation is 2. The summed E-state index contributed by atoms with van der Waals surface area (Å²) in [5.41, 5.74) is 2.52. The van der Waals surface area contributed by atoms with E-state index in [1.807, 2.05) is 13.0 Å². The Morgan fingerprint density at radius 3 is 2.70 bits per heavy atom. The van der Waals surface area contributed by atoms with Crippen molar-refractivity contribution in [1.82, 2.24) is 9.97 Å². The number of fused-ring (bicyclic) bond motifs is 1. The van der Waals surface area contributed by atoms with Crippen LogP contribution in [0, 0.1) is 6.92 Å². The fourth-order valence-electron chi connectivity index (χ4n) is 2.12. The first kappa shape index (κ1) is 16.3. The van der Waals surface area contributed by atoms with E-state index >= 15 is 0 Å². The largest absolute Gasteiger partial charge is 0.506 e. The second-order valence-corrected chi connectivity index (χ2v) is 4.76. The average molecular weight is 299 g/mol. The molecular formula is C14H19ClN2O3. The first-order chi connectivity index (χ1) is 9.08. The maximum Gasteiger partial charge on any atom is 0.303 e. The van der Waals surface area contributed by atoms with Gasteiger partial charge in [0.15, 0.2) is 0 Å². The Bertz CT molecular complexity index is 556. The van der Waals surface area contributed by atoms with Crippen LogP contribution in [0.1, 0.15) is 37.1 Å². The molecule has 0 bridgehead atoms. The number of carboxylic acid groups (broad SMARTS) is 1. The fraction of sp³-hybridized carbons (Fsp3) is 0.429. The number of rotatable bonds is 6. The van der Waals surface area contributed by atoms with Crippen LogP contribution in [0.4, 0.5) is 0 Å². The minimum Gasteiger partial charge on any atom is -0.506 e. The van der Waals surface area contributed by atoms with Gasteiger partial charge in [-0.3, -0.25) is 4.79 Å². The highest BCUT2D eigenvalue weighted by Crippen LogP contribution is 2.25. The minimum atomic E-state index is -0.746. The average Bonchev–Trinajstić information content (AvgIpc) is 2.78. The van der Waals surface area contributed by atoms with Crippen molar-refractivity contribution in [2.24, 2.45) is 0 Å². The zero-order valence-corrected chi connectivity index (χ0v) is 12.2. The normalized spacial score (nSPS) is 10.4. The quantitative estimate of drug-likeness (QED) is 0.715. The summed E-state index contributed by atoms with van der Waals surface area (Å²) in [5, 5.41) is 18.3. The monoisotopic (exact) mass is 298 g/mol. The van der Waals surface area contributed by atoms with Gasteiger partial charge in [-0.15, -0.1) is 12.4 Å². The number of benzene rings is 1. The lowest BCUT2D eigenvalue weighted by molar-refractivity contribution is -0.137. The summed E-state index contributed by atoms with van der Waals surface area (Å²) in [6, 6.07) is 3.50. The van der Waals surface area contributed by atoms with E-state index in [0.29, 0.717) is 11.9 Å². The van der Waals surface area contributed by atoms with Crippen LogP contribution < -0.4 is 0 Å². The number of imidazole rings is 1. The van der Waals surface area contributed by atoms with E-state index in [2.05, 4.69) is 9.97 Å². The molecule has 2 rings (SSSR count). The van der Waals surface area contributed by atoms with Gasteiger partial charge in [-0.25, -0.2) is 4.98 Å². The number of carbonyl (C=O) groups is 1. The number of aromatic nitrogens is 2. The van der Waals surface area contributed by atoms with Crippen LogP contribution in [0.5, 0.6) is 5.75 Å². The zero-order chi connectivity index (χ0) is 13.8. The third-order valence-electron chi connectivity index (χ3n) is 3.18. The summed E-state index contributed by atoms with van der Waals surface area (Å²) in [4.78, 5) is 18.0. The molecule has 0 aliphatic rings. The van der Waals surface area contributed by atoms with E-state index in [0.717, 1.165) is 36.2 Å². The first-order valence-electron chi connectivity index (χ1n) is 6.47. The van der Waals surface area contributed by atoms with Crippen molar-refractivity contribution < 1.29 is 15.0 Å². The summed E-state index contributed by atoms with van der Waals surface area (Å²) < 4.78 is 0. The van der Waals surface area contributed by atoms with Crippen molar-refractivity contribution in [2.75, 3.05) is 0 Å². The molecule has 5 nitrogen and oxygen atoms in total. The number of hydrogen-bond acceptors (Lipinski definition) is 3. The smallest absolute Gasteiger partial charge is 0.303 e. The number of hydrogen-bond donors (Lipinski definition) is 3. The van der Waals surface area contributed by atoms with E-state index in [1.54, 1.807) is 6.07 Å². The molecule has 0 saturated carbocycles. The molecule has 0 spiro atoms. The fourth-order valence-corrected chi connectivity index (χ4v) is 2.12. The molecule has 1 aromatic heterocycles. The van der Waals surface area contributed by atoms with Gasteiger partial charge in [-0.2, -0.15) is 0 Å². The molecule has 0 aliphatic heterocycles. The molecule has 110 valence electrons. The van der Waals surface area contributed by atoms with Gasteiger partial charge in [-0.1, -0.05) is 12.5 Å². The van der Waals surface area contributed by atoms with Crippen LogP contribution in [0.25, 0.3) is 11.0 Å². The molecular weight excluding hydrogens is 280 g/mol.